The first-order valence-electron chi connectivity index (χ1n) is 7.20. The largest absolute Gasteiger partial charge is 0.481 e. The van der Waals surface area contributed by atoms with Gasteiger partial charge in [-0.25, -0.2) is 4.79 Å². The van der Waals surface area contributed by atoms with Gasteiger partial charge in [0.15, 0.2) is 0 Å². The van der Waals surface area contributed by atoms with Gasteiger partial charge < -0.3 is 20.1 Å². The number of carboxylic acid groups (broad SMARTS) is 1. The first-order chi connectivity index (χ1) is 9.42. The van der Waals surface area contributed by atoms with Crippen LogP contribution in [-0.2, 0) is 9.53 Å². The topological polar surface area (TPSA) is 78.9 Å². The zero-order chi connectivity index (χ0) is 15.1. The lowest BCUT2D eigenvalue weighted by molar-refractivity contribution is -0.138. The highest BCUT2D eigenvalue weighted by Crippen LogP contribution is 2.21. The molecule has 0 aromatic heterocycles. The molecular weight excluding hydrogens is 260 g/mol. The number of likely N-dealkylation sites (tertiary alicyclic amines) is 1. The molecule has 0 aliphatic carbocycles. The van der Waals surface area contributed by atoms with Crippen molar-refractivity contribution in [2.45, 2.75) is 39.2 Å². The van der Waals surface area contributed by atoms with Gasteiger partial charge in [0, 0.05) is 25.6 Å². The van der Waals surface area contributed by atoms with E-state index in [2.05, 4.69) is 19.2 Å². The van der Waals surface area contributed by atoms with Crippen LogP contribution in [0.1, 0.15) is 33.1 Å². The number of carboxylic acids is 1. The van der Waals surface area contributed by atoms with Gasteiger partial charge in [0.2, 0.25) is 0 Å². The predicted molar refractivity (Wildman–Crippen MR) is 75.6 cm³/mol. The molecule has 1 fully saturated rings. The van der Waals surface area contributed by atoms with Crippen LogP contribution in [0.3, 0.4) is 0 Å². The van der Waals surface area contributed by atoms with E-state index < -0.39 is 5.97 Å². The van der Waals surface area contributed by atoms with Gasteiger partial charge in [0.25, 0.3) is 0 Å². The van der Waals surface area contributed by atoms with Crippen molar-refractivity contribution in [1.82, 2.24) is 10.2 Å². The zero-order valence-electron chi connectivity index (χ0n) is 12.6. The Bertz CT molecular complexity index is 333. The maximum Gasteiger partial charge on any atom is 0.409 e. The quantitative estimate of drug-likeness (QED) is 0.774. The van der Waals surface area contributed by atoms with E-state index in [0.717, 1.165) is 19.4 Å². The van der Waals surface area contributed by atoms with E-state index in [9.17, 15) is 9.59 Å². The molecule has 6 heteroatoms. The molecule has 2 unspecified atom stereocenters. The van der Waals surface area contributed by atoms with Crippen molar-refractivity contribution in [1.29, 1.82) is 0 Å². The lowest BCUT2D eigenvalue weighted by Crippen LogP contribution is -2.51. The number of nitrogens with zero attached hydrogens (tertiary/aromatic N) is 1. The van der Waals surface area contributed by atoms with Crippen molar-refractivity contribution < 1.29 is 19.4 Å². The summed E-state index contributed by atoms with van der Waals surface area (Å²) in [5.41, 5.74) is 0. The van der Waals surface area contributed by atoms with Crippen LogP contribution in [0.5, 0.6) is 0 Å². The molecule has 0 aromatic rings. The molecule has 2 atom stereocenters. The van der Waals surface area contributed by atoms with Crippen LogP contribution in [0.25, 0.3) is 0 Å². The molecule has 6 nitrogen and oxygen atoms in total. The van der Waals surface area contributed by atoms with Gasteiger partial charge >= 0.3 is 12.1 Å². The van der Waals surface area contributed by atoms with Gasteiger partial charge in [0.1, 0.15) is 0 Å². The van der Waals surface area contributed by atoms with Crippen LogP contribution in [-0.4, -0.2) is 54.9 Å². The van der Waals surface area contributed by atoms with Gasteiger partial charge in [-0.15, -0.1) is 0 Å². The van der Waals surface area contributed by atoms with Crippen LogP contribution < -0.4 is 5.32 Å². The van der Waals surface area contributed by atoms with Gasteiger partial charge in [-0.1, -0.05) is 13.8 Å². The van der Waals surface area contributed by atoms with Gasteiger partial charge in [0.05, 0.1) is 7.11 Å². The van der Waals surface area contributed by atoms with Gasteiger partial charge in [-0.2, -0.15) is 0 Å². The Kier molecular flexibility index (Phi) is 6.78. The lowest BCUT2D eigenvalue weighted by Gasteiger charge is -2.37. The Balaban J connectivity index is 2.54. The number of ether oxygens (including phenoxy) is 1. The Labute approximate surface area is 120 Å². The van der Waals surface area contributed by atoms with Crippen LogP contribution in [0.2, 0.25) is 0 Å². The molecule has 0 spiro atoms. The van der Waals surface area contributed by atoms with Crippen molar-refractivity contribution in [3.63, 3.8) is 0 Å². The Morgan fingerprint density at radius 1 is 1.40 bits per heavy atom. The van der Waals surface area contributed by atoms with E-state index in [-0.39, 0.29) is 24.5 Å². The number of piperidine rings is 1. The molecule has 2 N–H and O–H groups in total. The second-order valence-corrected chi connectivity index (χ2v) is 5.91. The normalized spacial score (nSPS) is 22.9. The summed E-state index contributed by atoms with van der Waals surface area (Å²) < 4.78 is 4.75. The minimum absolute atomic E-state index is 0.0168. The summed E-state index contributed by atoms with van der Waals surface area (Å²) in [6, 6.07) is 0.144. The third-order valence-electron chi connectivity index (χ3n) is 3.59. The monoisotopic (exact) mass is 286 g/mol. The number of nitrogens with one attached hydrogen (secondary N) is 1. The van der Waals surface area contributed by atoms with E-state index >= 15 is 0 Å². The maximum atomic E-state index is 11.7. The standard InChI is InChI=1S/C14H26N2O4/c1-10(2)4-5-15-12-6-11(7-13(17)18)8-16(9-12)14(19)20-3/h10-12,15H,4-9H2,1-3H3,(H,17,18). The van der Waals surface area contributed by atoms with Crippen molar-refractivity contribution in [3.8, 4) is 0 Å². The smallest absolute Gasteiger partial charge is 0.409 e. The number of carbonyl (C=O) groups is 2. The second-order valence-electron chi connectivity index (χ2n) is 5.91. The maximum absolute atomic E-state index is 11.7. The molecule has 0 radical (unpaired) electrons. The van der Waals surface area contributed by atoms with Gasteiger partial charge in [-0.3, -0.25) is 4.79 Å². The fourth-order valence-electron chi connectivity index (χ4n) is 2.60. The minimum atomic E-state index is -0.817. The minimum Gasteiger partial charge on any atom is -0.481 e. The average molecular weight is 286 g/mol. The SMILES string of the molecule is COC(=O)N1CC(CC(=O)O)CC(NCCC(C)C)C1. The molecule has 1 rings (SSSR count). The zero-order valence-corrected chi connectivity index (χ0v) is 12.6. The molecule has 1 aliphatic rings. The molecule has 20 heavy (non-hydrogen) atoms. The summed E-state index contributed by atoms with van der Waals surface area (Å²) in [5, 5.41) is 12.4. The number of rotatable bonds is 6. The molecule has 1 amide bonds. The number of aliphatic carboxylic acids is 1. The molecule has 0 bridgehead atoms. The summed E-state index contributed by atoms with van der Waals surface area (Å²) in [7, 11) is 1.35. The summed E-state index contributed by atoms with van der Waals surface area (Å²) >= 11 is 0. The van der Waals surface area contributed by atoms with Crippen molar-refractivity contribution in [3.05, 3.63) is 0 Å². The highest BCUT2D eigenvalue weighted by Gasteiger charge is 2.31. The van der Waals surface area contributed by atoms with E-state index in [1.807, 2.05) is 0 Å². The van der Waals surface area contributed by atoms with E-state index in [4.69, 9.17) is 9.84 Å². The Morgan fingerprint density at radius 2 is 2.10 bits per heavy atom. The number of amides is 1. The summed E-state index contributed by atoms with van der Waals surface area (Å²) in [5.74, 6) is -0.211. The van der Waals surface area contributed by atoms with Crippen LogP contribution in [0, 0.1) is 11.8 Å². The molecule has 0 aromatic carbocycles. The van der Waals surface area contributed by atoms with Crippen molar-refractivity contribution in [2.24, 2.45) is 11.8 Å². The van der Waals surface area contributed by atoms with Crippen molar-refractivity contribution >= 4 is 12.1 Å². The van der Waals surface area contributed by atoms with Crippen LogP contribution in [0.4, 0.5) is 4.79 Å². The lowest BCUT2D eigenvalue weighted by atomic mass is 9.91. The predicted octanol–water partition coefficient (Wildman–Crippen LogP) is 1.55. The summed E-state index contributed by atoms with van der Waals surface area (Å²) in [4.78, 5) is 24.1. The molecule has 0 saturated carbocycles. The Morgan fingerprint density at radius 3 is 2.65 bits per heavy atom. The fourth-order valence-corrected chi connectivity index (χ4v) is 2.60. The molecule has 1 aliphatic heterocycles. The van der Waals surface area contributed by atoms with Gasteiger partial charge in [-0.05, 0) is 31.2 Å². The molecule has 1 heterocycles. The number of carbonyl (C=O) groups excluding carboxylic acids is 1. The molecule has 1 saturated heterocycles. The number of methoxy groups -OCH3 is 1. The van der Waals surface area contributed by atoms with Crippen LogP contribution in [0.15, 0.2) is 0 Å². The van der Waals surface area contributed by atoms with Crippen molar-refractivity contribution in [2.75, 3.05) is 26.7 Å². The fraction of sp³-hybridized carbons (Fsp3) is 0.857. The average Bonchev–Trinajstić information content (AvgIpc) is 2.36. The highest BCUT2D eigenvalue weighted by molar-refractivity contribution is 5.69. The second kappa shape index (κ2) is 8.09. The summed E-state index contributed by atoms with van der Waals surface area (Å²) in [6.45, 7) is 6.26. The number of hydrogen-bond acceptors (Lipinski definition) is 4. The van der Waals surface area contributed by atoms with E-state index in [1.54, 1.807) is 4.90 Å². The molecule has 116 valence electrons. The first-order valence-corrected chi connectivity index (χ1v) is 7.20. The molecular formula is C14H26N2O4. The third kappa shape index (κ3) is 5.77. The van der Waals surface area contributed by atoms with Crippen LogP contribution >= 0.6 is 0 Å². The highest BCUT2D eigenvalue weighted by atomic mass is 16.5. The first kappa shape index (κ1) is 16.8. The Hall–Kier alpha value is -1.30. The third-order valence-corrected chi connectivity index (χ3v) is 3.59. The number of hydrogen-bond donors (Lipinski definition) is 2. The van der Waals surface area contributed by atoms with E-state index in [1.165, 1.54) is 7.11 Å². The summed E-state index contributed by atoms with van der Waals surface area (Å²) in [6.07, 6.45) is 1.57. The van der Waals surface area contributed by atoms with E-state index in [0.29, 0.717) is 19.0 Å².